The Kier molecular flexibility index (Phi) is 3.38. The topological polar surface area (TPSA) is 80.0 Å². The van der Waals surface area contributed by atoms with E-state index in [0.717, 1.165) is 4.90 Å². The van der Waals surface area contributed by atoms with E-state index in [4.69, 9.17) is 9.15 Å². The minimum atomic E-state index is -1.48. The molecular formula is C12H15NO5. The normalized spacial score (nSPS) is 21.2. The van der Waals surface area contributed by atoms with E-state index < -0.39 is 18.1 Å². The molecule has 0 aromatic carbocycles. The highest BCUT2D eigenvalue weighted by molar-refractivity contribution is 5.96. The molecule has 0 aliphatic carbocycles. The second kappa shape index (κ2) is 4.81. The molecule has 1 fully saturated rings. The van der Waals surface area contributed by atoms with E-state index >= 15 is 0 Å². The fourth-order valence-electron chi connectivity index (χ4n) is 1.88. The van der Waals surface area contributed by atoms with Gasteiger partial charge in [-0.3, -0.25) is 4.79 Å². The van der Waals surface area contributed by atoms with Gasteiger partial charge in [-0.2, -0.15) is 0 Å². The number of aliphatic hydroxyl groups excluding tert-OH is 1. The van der Waals surface area contributed by atoms with E-state index in [1.807, 2.05) is 13.8 Å². The first kappa shape index (κ1) is 12.6. The van der Waals surface area contributed by atoms with Gasteiger partial charge in [-0.25, -0.2) is 9.69 Å². The molecule has 6 nitrogen and oxygen atoms in total. The Morgan fingerprint density at radius 1 is 1.56 bits per heavy atom. The van der Waals surface area contributed by atoms with Gasteiger partial charge < -0.3 is 14.3 Å². The van der Waals surface area contributed by atoms with E-state index in [0.29, 0.717) is 0 Å². The van der Waals surface area contributed by atoms with Crippen molar-refractivity contribution < 1.29 is 23.8 Å². The van der Waals surface area contributed by atoms with Crippen LogP contribution < -0.4 is 0 Å². The quantitative estimate of drug-likeness (QED) is 0.878. The van der Waals surface area contributed by atoms with Crippen molar-refractivity contribution in [2.45, 2.75) is 26.0 Å². The van der Waals surface area contributed by atoms with Gasteiger partial charge in [0.15, 0.2) is 6.10 Å². The molecule has 0 unspecified atom stereocenters. The summed E-state index contributed by atoms with van der Waals surface area (Å²) in [5.41, 5.74) is 0. The maximum Gasteiger partial charge on any atom is 0.417 e. The van der Waals surface area contributed by atoms with Crippen LogP contribution in [0.15, 0.2) is 22.8 Å². The van der Waals surface area contributed by atoms with E-state index in [-0.39, 0.29) is 24.3 Å². The minimum absolute atomic E-state index is 0.0594. The Balaban J connectivity index is 2.19. The summed E-state index contributed by atoms with van der Waals surface area (Å²) in [5.74, 6) is -0.544. The van der Waals surface area contributed by atoms with Crippen molar-refractivity contribution in [2.75, 3.05) is 6.61 Å². The predicted octanol–water partition coefficient (Wildman–Crippen LogP) is 1.32. The number of furan rings is 1. The molecule has 2 amide bonds. The summed E-state index contributed by atoms with van der Waals surface area (Å²) in [4.78, 5) is 24.6. The van der Waals surface area contributed by atoms with Crippen LogP contribution in [0, 0.1) is 5.92 Å². The number of aliphatic hydroxyl groups is 1. The van der Waals surface area contributed by atoms with Crippen LogP contribution in [0.2, 0.25) is 0 Å². The highest BCUT2D eigenvalue weighted by Crippen LogP contribution is 2.24. The van der Waals surface area contributed by atoms with Crippen molar-refractivity contribution in [3.63, 3.8) is 0 Å². The van der Waals surface area contributed by atoms with Gasteiger partial charge in [-0.05, 0) is 18.1 Å². The molecule has 0 spiro atoms. The smallest absolute Gasteiger partial charge is 0.417 e. The molecule has 1 aliphatic heterocycles. The minimum Gasteiger partial charge on any atom is -0.466 e. The predicted molar refractivity (Wildman–Crippen MR) is 60.5 cm³/mol. The van der Waals surface area contributed by atoms with Crippen LogP contribution in [0.3, 0.4) is 0 Å². The lowest BCUT2D eigenvalue weighted by atomic mass is 10.0. The van der Waals surface area contributed by atoms with E-state index in [1.165, 1.54) is 12.3 Å². The van der Waals surface area contributed by atoms with Crippen LogP contribution in [0.25, 0.3) is 0 Å². The van der Waals surface area contributed by atoms with Crippen LogP contribution in [0.4, 0.5) is 4.79 Å². The van der Waals surface area contributed by atoms with Gasteiger partial charge in [0, 0.05) is 0 Å². The number of imide groups is 1. The third-order valence-corrected chi connectivity index (χ3v) is 2.96. The molecule has 1 aliphatic rings. The van der Waals surface area contributed by atoms with Gasteiger partial charge >= 0.3 is 6.09 Å². The van der Waals surface area contributed by atoms with Gasteiger partial charge in [-0.1, -0.05) is 13.8 Å². The summed E-state index contributed by atoms with van der Waals surface area (Å²) < 4.78 is 9.81. The Morgan fingerprint density at radius 2 is 2.28 bits per heavy atom. The molecule has 98 valence electrons. The third-order valence-electron chi connectivity index (χ3n) is 2.96. The molecule has 0 radical (unpaired) electrons. The summed E-state index contributed by atoms with van der Waals surface area (Å²) in [6, 6.07) is 2.69. The number of nitrogens with zero attached hydrogens (tertiary/aromatic N) is 1. The van der Waals surface area contributed by atoms with Gasteiger partial charge in [0.1, 0.15) is 12.4 Å². The first-order valence-corrected chi connectivity index (χ1v) is 5.73. The fraction of sp³-hybridized carbons (Fsp3) is 0.500. The second-order valence-electron chi connectivity index (χ2n) is 4.51. The summed E-state index contributed by atoms with van der Waals surface area (Å²) >= 11 is 0. The number of cyclic esters (lactones) is 1. The fourth-order valence-corrected chi connectivity index (χ4v) is 1.88. The van der Waals surface area contributed by atoms with Crippen LogP contribution >= 0.6 is 0 Å². The van der Waals surface area contributed by atoms with Crippen molar-refractivity contribution in [1.29, 1.82) is 0 Å². The van der Waals surface area contributed by atoms with Gasteiger partial charge in [-0.15, -0.1) is 0 Å². The zero-order valence-electron chi connectivity index (χ0n) is 10.2. The van der Waals surface area contributed by atoms with Gasteiger partial charge in [0.25, 0.3) is 5.91 Å². The summed E-state index contributed by atoms with van der Waals surface area (Å²) in [7, 11) is 0. The summed E-state index contributed by atoms with van der Waals surface area (Å²) in [6.07, 6.45) is -0.843. The number of carbonyl (C=O) groups is 2. The molecule has 1 N–H and O–H groups in total. The highest BCUT2D eigenvalue weighted by Gasteiger charge is 2.42. The van der Waals surface area contributed by atoms with Crippen molar-refractivity contribution in [3.05, 3.63) is 24.2 Å². The van der Waals surface area contributed by atoms with Crippen molar-refractivity contribution >= 4 is 12.0 Å². The van der Waals surface area contributed by atoms with Crippen LogP contribution in [0.1, 0.15) is 25.7 Å². The highest BCUT2D eigenvalue weighted by atomic mass is 16.6. The molecule has 1 saturated heterocycles. The monoisotopic (exact) mass is 253 g/mol. The first-order valence-electron chi connectivity index (χ1n) is 5.73. The lowest BCUT2D eigenvalue weighted by Crippen LogP contribution is -2.44. The average molecular weight is 253 g/mol. The molecule has 1 aromatic rings. The SMILES string of the molecule is CC(C)[C@H]1COC(=O)N1C(=O)[C@@H](O)c1ccco1. The van der Waals surface area contributed by atoms with Crippen molar-refractivity contribution in [2.24, 2.45) is 5.92 Å². The maximum absolute atomic E-state index is 12.1. The molecule has 18 heavy (non-hydrogen) atoms. The van der Waals surface area contributed by atoms with E-state index in [2.05, 4.69) is 0 Å². The zero-order valence-corrected chi connectivity index (χ0v) is 10.2. The number of carbonyl (C=O) groups excluding carboxylic acids is 2. The average Bonchev–Trinajstić information content (AvgIpc) is 2.95. The summed E-state index contributed by atoms with van der Waals surface area (Å²) in [5, 5.41) is 9.86. The van der Waals surface area contributed by atoms with Gasteiger partial charge in [0.2, 0.25) is 0 Å². The van der Waals surface area contributed by atoms with E-state index in [1.54, 1.807) is 6.07 Å². The lowest BCUT2D eigenvalue weighted by Gasteiger charge is -2.23. The largest absolute Gasteiger partial charge is 0.466 e. The standard InChI is InChI=1S/C12H15NO5/c1-7(2)8-6-18-12(16)13(8)11(15)10(14)9-4-3-5-17-9/h3-5,7-8,10,14H,6H2,1-2H3/t8-,10+/m1/s1. The lowest BCUT2D eigenvalue weighted by molar-refractivity contribution is -0.139. The number of amides is 2. The Hall–Kier alpha value is -1.82. The van der Waals surface area contributed by atoms with Crippen molar-refractivity contribution in [3.8, 4) is 0 Å². The zero-order chi connectivity index (χ0) is 13.3. The Bertz CT molecular complexity index is 439. The maximum atomic E-state index is 12.1. The Morgan fingerprint density at radius 3 is 2.83 bits per heavy atom. The van der Waals surface area contributed by atoms with Crippen LogP contribution in [-0.4, -0.2) is 34.7 Å². The number of hydrogen-bond donors (Lipinski definition) is 1. The molecule has 2 rings (SSSR count). The first-order chi connectivity index (χ1) is 8.52. The van der Waals surface area contributed by atoms with Crippen LogP contribution in [0.5, 0.6) is 0 Å². The molecule has 0 bridgehead atoms. The molecule has 1 aromatic heterocycles. The van der Waals surface area contributed by atoms with E-state index in [9.17, 15) is 14.7 Å². The molecule has 0 saturated carbocycles. The number of ether oxygens (including phenoxy) is 1. The Labute approximate surface area is 104 Å². The third kappa shape index (κ3) is 2.11. The van der Waals surface area contributed by atoms with Crippen molar-refractivity contribution in [1.82, 2.24) is 4.90 Å². The van der Waals surface area contributed by atoms with Crippen LogP contribution in [-0.2, 0) is 9.53 Å². The molecule has 2 heterocycles. The molecule has 6 heteroatoms. The second-order valence-corrected chi connectivity index (χ2v) is 4.51. The number of rotatable bonds is 3. The molecule has 2 atom stereocenters. The number of hydrogen-bond acceptors (Lipinski definition) is 5. The molecular weight excluding hydrogens is 238 g/mol. The summed E-state index contributed by atoms with van der Waals surface area (Å²) in [6.45, 7) is 3.92. The van der Waals surface area contributed by atoms with Gasteiger partial charge in [0.05, 0.1) is 12.3 Å².